The Morgan fingerprint density at radius 1 is 1.30 bits per heavy atom. The van der Waals surface area contributed by atoms with Gasteiger partial charge in [0.1, 0.15) is 6.61 Å². The van der Waals surface area contributed by atoms with Crippen molar-refractivity contribution >= 4 is 17.8 Å². The molecule has 0 aromatic rings. The lowest BCUT2D eigenvalue weighted by Crippen LogP contribution is -2.36. The van der Waals surface area contributed by atoms with Gasteiger partial charge < -0.3 is 20.5 Å². The highest BCUT2D eigenvalue weighted by atomic mass is 16.5. The summed E-state index contributed by atoms with van der Waals surface area (Å²) in [5.41, 5.74) is 0.800. The Hall–Kier alpha value is -1.89. The van der Waals surface area contributed by atoms with Crippen LogP contribution in [0.25, 0.3) is 0 Å². The van der Waals surface area contributed by atoms with Crippen LogP contribution in [0.15, 0.2) is 12.2 Å². The SMILES string of the molecule is C=C(CCCNC(=O)[C@H](C)OC(C)=O)CNC(=O)CO. The average molecular weight is 286 g/mol. The van der Waals surface area contributed by atoms with Gasteiger partial charge in [-0.15, -0.1) is 0 Å². The molecule has 0 aliphatic rings. The first-order valence-corrected chi connectivity index (χ1v) is 6.36. The molecule has 0 radical (unpaired) electrons. The highest BCUT2D eigenvalue weighted by molar-refractivity contribution is 5.82. The topological polar surface area (TPSA) is 105 Å². The third-order valence-electron chi connectivity index (χ3n) is 2.40. The van der Waals surface area contributed by atoms with Crippen LogP contribution < -0.4 is 10.6 Å². The van der Waals surface area contributed by atoms with Crippen LogP contribution in [-0.2, 0) is 19.1 Å². The summed E-state index contributed by atoms with van der Waals surface area (Å²) in [6.45, 7) is 6.70. The minimum atomic E-state index is -0.806. The van der Waals surface area contributed by atoms with E-state index in [0.717, 1.165) is 5.57 Å². The fourth-order valence-corrected chi connectivity index (χ4v) is 1.36. The van der Waals surface area contributed by atoms with Crippen molar-refractivity contribution in [3.63, 3.8) is 0 Å². The molecule has 0 spiro atoms. The number of hydrogen-bond donors (Lipinski definition) is 3. The number of carbonyl (C=O) groups is 3. The molecule has 20 heavy (non-hydrogen) atoms. The zero-order valence-corrected chi connectivity index (χ0v) is 11.9. The van der Waals surface area contributed by atoms with Crippen LogP contribution in [0.4, 0.5) is 0 Å². The molecule has 114 valence electrons. The smallest absolute Gasteiger partial charge is 0.303 e. The van der Waals surface area contributed by atoms with Crippen LogP contribution in [0.2, 0.25) is 0 Å². The van der Waals surface area contributed by atoms with Gasteiger partial charge in [0, 0.05) is 20.0 Å². The number of hydrogen-bond acceptors (Lipinski definition) is 5. The standard InChI is InChI=1S/C13H22N2O5/c1-9(7-15-12(18)8-16)5-4-6-14-13(19)10(2)20-11(3)17/h10,16H,1,4-8H2,2-3H3,(H,14,19)(H,15,18)/t10-/m0/s1. The molecule has 0 rings (SSSR count). The molecular weight excluding hydrogens is 264 g/mol. The van der Waals surface area contributed by atoms with Crippen molar-refractivity contribution in [2.45, 2.75) is 32.8 Å². The number of ether oxygens (including phenoxy) is 1. The fraction of sp³-hybridized carbons (Fsp3) is 0.615. The summed E-state index contributed by atoms with van der Waals surface area (Å²) >= 11 is 0. The molecule has 0 saturated heterocycles. The van der Waals surface area contributed by atoms with Crippen LogP contribution in [0.5, 0.6) is 0 Å². The van der Waals surface area contributed by atoms with E-state index in [1.54, 1.807) is 0 Å². The van der Waals surface area contributed by atoms with Crippen LogP contribution in [0, 0.1) is 0 Å². The van der Waals surface area contributed by atoms with Crippen LogP contribution in [-0.4, -0.2) is 48.7 Å². The fourth-order valence-electron chi connectivity index (χ4n) is 1.36. The molecule has 0 aromatic heterocycles. The van der Waals surface area contributed by atoms with Gasteiger partial charge in [0.25, 0.3) is 5.91 Å². The number of carbonyl (C=O) groups excluding carboxylic acids is 3. The Labute approximate surface area is 118 Å². The maximum Gasteiger partial charge on any atom is 0.303 e. The highest BCUT2D eigenvalue weighted by Gasteiger charge is 2.14. The highest BCUT2D eigenvalue weighted by Crippen LogP contribution is 2.00. The number of aliphatic hydroxyl groups is 1. The first-order valence-electron chi connectivity index (χ1n) is 6.36. The van der Waals surface area contributed by atoms with E-state index in [9.17, 15) is 14.4 Å². The molecule has 7 heteroatoms. The van der Waals surface area contributed by atoms with Crippen molar-refractivity contribution in [2.24, 2.45) is 0 Å². The quantitative estimate of drug-likeness (QED) is 0.301. The van der Waals surface area contributed by atoms with Gasteiger partial charge in [0.05, 0.1) is 0 Å². The Morgan fingerprint density at radius 3 is 2.50 bits per heavy atom. The monoisotopic (exact) mass is 286 g/mol. The molecule has 0 heterocycles. The predicted octanol–water partition coefficient (Wildman–Crippen LogP) is -0.501. The van der Waals surface area contributed by atoms with E-state index in [4.69, 9.17) is 9.84 Å². The van der Waals surface area contributed by atoms with E-state index in [2.05, 4.69) is 17.2 Å². The molecule has 2 amide bonds. The van der Waals surface area contributed by atoms with Gasteiger partial charge >= 0.3 is 5.97 Å². The van der Waals surface area contributed by atoms with Crippen molar-refractivity contribution in [2.75, 3.05) is 19.7 Å². The molecule has 0 saturated carbocycles. The van der Waals surface area contributed by atoms with Crippen molar-refractivity contribution in [3.05, 3.63) is 12.2 Å². The lowest BCUT2D eigenvalue weighted by atomic mass is 10.1. The van der Waals surface area contributed by atoms with Crippen molar-refractivity contribution in [3.8, 4) is 0 Å². The lowest BCUT2D eigenvalue weighted by molar-refractivity contribution is -0.152. The maximum atomic E-state index is 11.5. The lowest BCUT2D eigenvalue weighted by Gasteiger charge is -2.12. The summed E-state index contributed by atoms with van der Waals surface area (Å²) in [7, 11) is 0. The van der Waals surface area contributed by atoms with Gasteiger partial charge in [0.15, 0.2) is 6.10 Å². The molecule has 7 nitrogen and oxygen atoms in total. The Morgan fingerprint density at radius 2 is 1.95 bits per heavy atom. The van der Waals surface area contributed by atoms with Crippen LogP contribution in [0.1, 0.15) is 26.7 Å². The predicted molar refractivity (Wildman–Crippen MR) is 72.7 cm³/mol. The number of aliphatic hydroxyl groups excluding tert-OH is 1. The molecule has 0 fully saturated rings. The molecule has 0 aromatic carbocycles. The normalized spacial score (nSPS) is 11.3. The average Bonchev–Trinajstić information content (AvgIpc) is 2.39. The molecule has 3 N–H and O–H groups in total. The minimum Gasteiger partial charge on any atom is -0.453 e. The number of nitrogens with one attached hydrogen (secondary N) is 2. The van der Waals surface area contributed by atoms with E-state index in [1.165, 1.54) is 13.8 Å². The second-order valence-electron chi connectivity index (χ2n) is 4.33. The van der Waals surface area contributed by atoms with Crippen molar-refractivity contribution in [1.29, 1.82) is 0 Å². The van der Waals surface area contributed by atoms with E-state index in [1.807, 2.05) is 0 Å². The summed E-state index contributed by atoms with van der Waals surface area (Å²) in [6, 6.07) is 0. The Bertz CT molecular complexity index is 368. The molecule has 0 bridgehead atoms. The largest absolute Gasteiger partial charge is 0.453 e. The Kier molecular flexibility index (Phi) is 9.02. The summed E-state index contributed by atoms with van der Waals surface area (Å²) in [5.74, 6) is -1.30. The number of esters is 1. The van der Waals surface area contributed by atoms with Gasteiger partial charge in [0.2, 0.25) is 5.91 Å². The zero-order valence-electron chi connectivity index (χ0n) is 11.9. The summed E-state index contributed by atoms with van der Waals surface area (Å²) in [4.78, 5) is 32.9. The second kappa shape index (κ2) is 9.96. The number of rotatable bonds is 9. The molecule has 1 atom stereocenters. The summed E-state index contributed by atoms with van der Waals surface area (Å²) in [6.07, 6.45) is 0.486. The van der Waals surface area contributed by atoms with E-state index in [-0.39, 0.29) is 5.91 Å². The second-order valence-corrected chi connectivity index (χ2v) is 4.33. The minimum absolute atomic E-state index is 0.303. The summed E-state index contributed by atoms with van der Waals surface area (Å²) in [5, 5.41) is 13.6. The van der Waals surface area contributed by atoms with Crippen LogP contribution >= 0.6 is 0 Å². The van der Waals surface area contributed by atoms with E-state index >= 15 is 0 Å². The van der Waals surface area contributed by atoms with Gasteiger partial charge in [-0.25, -0.2) is 0 Å². The van der Waals surface area contributed by atoms with Crippen molar-refractivity contribution < 1.29 is 24.2 Å². The number of amides is 2. The Balaban J connectivity index is 3.70. The zero-order chi connectivity index (χ0) is 15.5. The van der Waals surface area contributed by atoms with Gasteiger partial charge in [-0.2, -0.15) is 0 Å². The molecule has 0 aliphatic heterocycles. The summed E-state index contributed by atoms with van der Waals surface area (Å²) < 4.78 is 4.73. The molecular formula is C13H22N2O5. The first kappa shape index (κ1) is 18.1. The third kappa shape index (κ3) is 9.09. The van der Waals surface area contributed by atoms with E-state index in [0.29, 0.717) is 25.9 Å². The first-order chi connectivity index (χ1) is 9.36. The van der Waals surface area contributed by atoms with E-state index < -0.39 is 24.6 Å². The van der Waals surface area contributed by atoms with Gasteiger partial charge in [-0.05, 0) is 19.8 Å². The van der Waals surface area contributed by atoms with Gasteiger partial charge in [-0.1, -0.05) is 12.2 Å². The van der Waals surface area contributed by atoms with Crippen LogP contribution in [0.3, 0.4) is 0 Å². The van der Waals surface area contributed by atoms with Crippen molar-refractivity contribution in [1.82, 2.24) is 10.6 Å². The third-order valence-corrected chi connectivity index (χ3v) is 2.40. The molecule has 0 unspecified atom stereocenters. The molecule has 0 aliphatic carbocycles. The van der Waals surface area contributed by atoms with Gasteiger partial charge in [-0.3, -0.25) is 14.4 Å². The maximum absolute atomic E-state index is 11.5.